The van der Waals surface area contributed by atoms with E-state index in [-0.39, 0.29) is 17.6 Å². The number of likely N-dealkylation sites (tertiary alicyclic amines) is 1. The van der Waals surface area contributed by atoms with E-state index in [2.05, 4.69) is 5.32 Å². The van der Waals surface area contributed by atoms with Gasteiger partial charge in [0.05, 0.1) is 18.2 Å². The van der Waals surface area contributed by atoms with Gasteiger partial charge in [-0.3, -0.25) is 4.79 Å². The molecule has 0 radical (unpaired) electrons. The highest BCUT2D eigenvalue weighted by atomic mass is 16.5. The molecule has 2 amide bonds. The molecule has 6 heteroatoms. The van der Waals surface area contributed by atoms with E-state index < -0.39 is 11.5 Å². The zero-order valence-electron chi connectivity index (χ0n) is 12.4. The van der Waals surface area contributed by atoms with Gasteiger partial charge < -0.3 is 20.1 Å². The topological polar surface area (TPSA) is 78.9 Å². The number of carbonyl (C=O) groups is 2. The van der Waals surface area contributed by atoms with Crippen LogP contribution in [0.4, 0.5) is 4.79 Å². The second-order valence-electron chi connectivity index (χ2n) is 6.89. The van der Waals surface area contributed by atoms with Crippen molar-refractivity contribution < 1.29 is 19.4 Å². The van der Waals surface area contributed by atoms with Gasteiger partial charge in [0.25, 0.3) is 0 Å². The third-order valence-electron chi connectivity index (χ3n) is 4.17. The van der Waals surface area contributed by atoms with Crippen LogP contribution in [0, 0.1) is 5.41 Å². The molecule has 6 nitrogen and oxygen atoms in total. The summed E-state index contributed by atoms with van der Waals surface area (Å²) in [6, 6.07) is 0.0399. The van der Waals surface area contributed by atoms with E-state index >= 15 is 0 Å². The molecule has 20 heavy (non-hydrogen) atoms. The van der Waals surface area contributed by atoms with Crippen LogP contribution in [0.15, 0.2) is 0 Å². The van der Waals surface area contributed by atoms with E-state index in [1.54, 1.807) is 0 Å². The zero-order chi connectivity index (χ0) is 15.0. The lowest BCUT2D eigenvalue weighted by Crippen LogP contribution is -2.47. The second kappa shape index (κ2) is 5.24. The molecule has 0 aromatic carbocycles. The first-order valence-corrected chi connectivity index (χ1v) is 7.15. The molecule has 1 spiro atoms. The fourth-order valence-corrected chi connectivity index (χ4v) is 2.79. The summed E-state index contributed by atoms with van der Waals surface area (Å²) >= 11 is 0. The smallest absolute Gasteiger partial charge is 0.407 e. The Morgan fingerprint density at radius 3 is 2.40 bits per heavy atom. The molecule has 2 saturated heterocycles. The third-order valence-corrected chi connectivity index (χ3v) is 4.17. The van der Waals surface area contributed by atoms with Gasteiger partial charge in [-0.25, -0.2) is 4.79 Å². The molecule has 2 aliphatic heterocycles. The lowest BCUT2D eigenvalue weighted by Gasteiger charge is -2.37. The van der Waals surface area contributed by atoms with Crippen LogP contribution >= 0.6 is 0 Å². The van der Waals surface area contributed by atoms with Crippen molar-refractivity contribution in [2.24, 2.45) is 5.41 Å². The Balaban J connectivity index is 1.87. The number of hydrogen-bond acceptors (Lipinski definition) is 3. The largest absolute Gasteiger partial charge is 0.465 e. The number of rotatable bonds is 1. The van der Waals surface area contributed by atoms with Crippen molar-refractivity contribution in [3.8, 4) is 0 Å². The minimum Gasteiger partial charge on any atom is -0.465 e. The van der Waals surface area contributed by atoms with Crippen LogP contribution in [0.1, 0.15) is 40.0 Å². The van der Waals surface area contributed by atoms with Crippen molar-refractivity contribution in [2.45, 2.75) is 51.7 Å². The maximum atomic E-state index is 12.0. The summed E-state index contributed by atoms with van der Waals surface area (Å²) in [5.41, 5.74) is -0.649. The minimum atomic E-state index is -0.865. The Morgan fingerprint density at radius 1 is 1.30 bits per heavy atom. The number of nitrogens with zero attached hydrogens (tertiary/aromatic N) is 1. The first kappa shape index (κ1) is 15.1. The van der Waals surface area contributed by atoms with E-state index in [0.717, 1.165) is 6.42 Å². The van der Waals surface area contributed by atoms with Crippen molar-refractivity contribution >= 4 is 12.0 Å². The number of carboxylic acid groups (broad SMARTS) is 1. The molecule has 2 aliphatic rings. The van der Waals surface area contributed by atoms with Crippen LogP contribution in [-0.4, -0.2) is 53.3 Å². The van der Waals surface area contributed by atoms with Gasteiger partial charge >= 0.3 is 6.09 Å². The molecule has 2 rings (SSSR count). The van der Waals surface area contributed by atoms with Gasteiger partial charge in [0.2, 0.25) is 5.91 Å². The third kappa shape index (κ3) is 3.23. The monoisotopic (exact) mass is 284 g/mol. The number of hydrogen-bond donors (Lipinski definition) is 2. The Labute approximate surface area is 119 Å². The fourth-order valence-electron chi connectivity index (χ4n) is 2.79. The summed E-state index contributed by atoms with van der Waals surface area (Å²) in [6.07, 6.45) is 1.33. The van der Waals surface area contributed by atoms with Crippen LogP contribution in [0.25, 0.3) is 0 Å². The van der Waals surface area contributed by atoms with Crippen molar-refractivity contribution in [2.75, 3.05) is 19.7 Å². The van der Waals surface area contributed by atoms with Crippen LogP contribution in [0.5, 0.6) is 0 Å². The lowest BCUT2D eigenvalue weighted by molar-refractivity contribution is -0.129. The van der Waals surface area contributed by atoms with E-state index in [1.165, 1.54) is 4.90 Å². The maximum Gasteiger partial charge on any atom is 0.407 e. The van der Waals surface area contributed by atoms with Gasteiger partial charge in [0.15, 0.2) is 0 Å². The number of piperidine rings is 1. The van der Waals surface area contributed by atoms with Gasteiger partial charge in [0, 0.05) is 18.5 Å². The van der Waals surface area contributed by atoms with Gasteiger partial charge in [-0.05, 0) is 19.3 Å². The Bertz CT molecular complexity index is 394. The number of carbonyl (C=O) groups excluding carboxylic acids is 1. The Morgan fingerprint density at radius 2 is 1.90 bits per heavy atom. The van der Waals surface area contributed by atoms with Crippen molar-refractivity contribution in [1.29, 1.82) is 0 Å². The summed E-state index contributed by atoms with van der Waals surface area (Å²) in [6.45, 7) is 7.21. The molecule has 0 aliphatic carbocycles. The average Bonchev–Trinajstić information content (AvgIpc) is 2.71. The Hall–Kier alpha value is -1.30. The molecule has 2 fully saturated rings. The van der Waals surface area contributed by atoms with Crippen molar-refractivity contribution in [3.63, 3.8) is 0 Å². The molecule has 2 N–H and O–H groups in total. The average molecular weight is 284 g/mol. The molecule has 0 saturated carbocycles. The van der Waals surface area contributed by atoms with E-state index in [0.29, 0.717) is 32.5 Å². The highest BCUT2D eigenvalue weighted by molar-refractivity contribution is 5.81. The fraction of sp³-hybridized carbons (Fsp3) is 0.857. The Kier molecular flexibility index (Phi) is 3.95. The second-order valence-corrected chi connectivity index (χ2v) is 6.89. The highest BCUT2D eigenvalue weighted by Crippen LogP contribution is 2.36. The summed E-state index contributed by atoms with van der Waals surface area (Å²) in [5, 5.41) is 12.0. The number of ether oxygens (including phenoxy) is 1. The molecular weight excluding hydrogens is 260 g/mol. The highest BCUT2D eigenvalue weighted by Gasteiger charge is 2.44. The zero-order valence-corrected chi connectivity index (χ0v) is 12.4. The summed E-state index contributed by atoms with van der Waals surface area (Å²) < 4.78 is 5.90. The van der Waals surface area contributed by atoms with Crippen LogP contribution in [0.3, 0.4) is 0 Å². The molecule has 0 unspecified atom stereocenters. The van der Waals surface area contributed by atoms with Crippen molar-refractivity contribution in [3.05, 3.63) is 0 Å². The van der Waals surface area contributed by atoms with Crippen LogP contribution in [-0.2, 0) is 9.53 Å². The molecular formula is C14H24N2O4. The number of nitrogens with one attached hydrogen (secondary N) is 1. The molecule has 114 valence electrons. The predicted octanol–water partition coefficient (Wildman–Crippen LogP) is 1.45. The van der Waals surface area contributed by atoms with E-state index in [4.69, 9.17) is 9.84 Å². The first-order chi connectivity index (χ1) is 9.22. The standard InChI is InChI=1S/C14H24N2O4/c1-13(2,3)11(17)15-10-8-14(20-9-10)4-6-16(7-5-14)12(18)19/h10H,4-9H2,1-3H3,(H,15,17)(H,18,19)/t10-/m1/s1. The first-order valence-electron chi connectivity index (χ1n) is 7.15. The molecule has 0 bridgehead atoms. The minimum absolute atomic E-state index is 0.0334. The number of amides is 2. The van der Waals surface area contributed by atoms with Gasteiger partial charge in [-0.2, -0.15) is 0 Å². The van der Waals surface area contributed by atoms with Crippen molar-refractivity contribution in [1.82, 2.24) is 10.2 Å². The summed E-state index contributed by atoms with van der Waals surface area (Å²) in [7, 11) is 0. The van der Waals surface area contributed by atoms with Crippen LogP contribution in [0.2, 0.25) is 0 Å². The maximum absolute atomic E-state index is 12.0. The lowest BCUT2D eigenvalue weighted by atomic mass is 9.87. The molecule has 0 aromatic rings. The van der Waals surface area contributed by atoms with E-state index in [9.17, 15) is 9.59 Å². The molecule has 0 aromatic heterocycles. The SMILES string of the molecule is CC(C)(C)C(=O)N[C@H]1COC2(CCN(C(=O)O)CC2)C1. The molecule has 1 atom stereocenters. The van der Waals surface area contributed by atoms with Crippen LogP contribution < -0.4 is 5.32 Å². The van der Waals surface area contributed by atoms with Gasteiger partial charge in [0.1, 0.15) is 0 Å². The quantitative estimate of drug-likeness (QED) is 0.764. The van der Waals surface area contributed by atoms with Gasteiger partial charge in [-0.15, -0.1) is 0 Å². The predicted molar refractivity (Wildman–Crippen MR) is 73.5 cm³/mol. The molecule has 2 heterocycles. The van der Waals surface area contributed by atoms with E-state index in [1.807, 2.05) is 20.8 Å². The summed E-state index contributed by atoms with van der Waals surface area (Å²) in [5.74, 6) is 0.0334. The van der Waals surface area contributed by atoms with Gasteiger partial charge in [-0.1, -0.05) is 20.8 Å². The summed E-state index contributed by atoms with van der Waals surface area (Å²) in [4.78, 5) is 24.3. The normalized spacial score (nSPS) is 25.8.